The molecule has 5 nitrogen and oxygen atoms in total. The van der Waals surface area contributed by atoms with Gasteiger partial charge in [-0.25, -0.2) is 4.98 Å². The van der Waals surface area contributed by atoms with Crippen molar-refractivity contribution < 1.29 is 9.53 Å². The SMILES string of the molecule is COC(=O)C1CCN(CCc2nccn2C)CC1. The molecule has 0 saturated carbocycles. The van der Waals surface area contributed by atoms with E-state index in [1.807, 2.05) is 19.4 Å². The van der Waals surface area contributed by atoms with Crippen LogP contribution in [0.4, 0.5) is 0 Å². The van der Waals surface area contributed by atoms with Gasteiger partial charge in [-0.15, -0.1) is 0 Å². The number of hydrogen-bond acceptors (Lipinski definition) is 4. The van der Waals surface area contributed by atoms with Gasteiger partial charge in [0, 0.05) is 32.4 Å². The lowest BCUT2D eigenvalue weighted by Crippen LogP contribution is -2.38. The lowest BCUT2D eigenvalue weighted by Gasteiger charge is -2.30. The Morgan fingerprint density at radius 3 is 2.78 bits per heavy atom. The van der Waals surface area contributed by atoms with Crippen LogP contribution >= 0.6 is 0 Å². The van der Waals surface area contributed by atoms with Gasteiger partial charge in [0.2, 0.25) is 0 Å². The number of nitrogens with zero attached hydrogens (tertiary/aromatic N) is 3. The number of methoxy groups -OCH3 is 1. The quantitative estimate of drug-likeness (QED) is 0.744. The minimum absolute atomic E-state index is 0.0567. The zero-order chi connectivity index (χ0) is 13.0. The van der Waals surface area contributed by atoms with E-state index in [0.29, 0.717) is 0 Å². The molecular formula is C13H21N3O2. The van der Waals surface area contributed by atoms with Gasteiger partial charge in [0.1, 0.15) is 5.82 Å². The molecule has 1 saturated heterocycles. The molecule has 5 heteroatoms. The Kier molecular flexibility index (Phi) is 4.36. The van der Waals surface area contributed by atoms with Crippen LogP contribution < -0.4 is 0 Å². The Labute approximate surface area is 108 Å². The van der Waals surface area contributed by atoms with E-state index in [9.17, 15) is 4.79 Å². The Balaban J connectivity index is 1.74. The Morgan fingerprint density at radius 2 is 2.22 bits per heavy atom. The third kappa shape index (κ3) is 3.10. The maximum absolute atomic E-state index is 11.4. The standard InChI is InChI=1S/C13H21N3O2/c1-15-10-6-14-12(15)5-9-16-7-3-11(4-8-16)13(17)18-2/h6,10-11H,3-5,7-9H2,1-2H3. The Hall–Kier alpha value is -1.36. The first kappa shape index (κ1) is 13.1. The number of hydrogen-bond donors (Lipinski definition) is 0. The molecule has 2 heterocycles. The van der Waals surface area contributed by atoms with Crippen molar-refractivity contribution in [3.63, 3.8) is 0 Å². The Morgan fingerprint density at radius 1 is 1.50 bits per heavy atom. The van der Waals surface area contributed by atoms with Crippen molar-refractivity contribution in [1.82, 2.24) is 14.5 Å². The number of carbonyl (C=O) groups is 1. The van der Waals surface area contributed by atoms with Gasteiger partial charge >= 0.3 is 5.97 Å². The zero-order valence-electron chi connectivity index (χ0n) is 11.1. The normalized spacial score (nSPS) is 17.9. The van der Waals surface area contributed by atoms with Gasteiger partial charge in [-0.3, -0.25) is 4.79 Å². The van der Waals surface area contributed by atoms with E-state index in [1.54, 1.807) is 0 Å². The number of aromatic nitrogens is 2. The summed E-state index contributed by atoms with van der Waals surface area (Å²) in [6, 6.07) is 0. The predicted molar refractivity (Wildman–Crippen MR) is 68.1 cm³/mol. The van der Waals surface area contributed by atoms with Crippen molar-refractivity contribution in [3.05, 3.63) is 18.2 Å². The second kappa shape index (κ2) is 6.00. The van der Waals surface area contributed by atoms with E-state index in [4.69, 9.17) is 4.74 Å². The third-order valence-corrected chi connectivity index (χ3v) is 3.69. The van der Waals surface area contributed by atoms with Crippen LogP contribution in [-0.4, -0.2) is 47.2 Å². The van der Waals surface area contributed by atoms with Crippen molar-refractivity contribution in [3.8, 4) is 0 Å². The molecule has 1 aromatic rings. The van der Waals surface area contributed by atoms with Crippen LogP contribution in [0.2, 0.25) is 0 Å². The average Bonchev–Trinajstić information content (AvgIpc) is 2.81. The molecule has 0 atom stereocenters. The fourth-order valence-electron chi connectivity index (χ4n) is 2.45. The molecular weight excluding hydrogens is 230 g/mol. The molecule has 0 bridgehead atoms. The maximum Gasteiger partial charge on any atom is 0.308 e. The number of piperidine rings is 1. The number of esters is 1. The van der Waals surface area contributed by atoms with Crippen LogP contribution in [0, 0.1) is 5.92 Å². The summed E-state index contributed by atoms with van der Waals surface area (Å²) in [5.41, 5.74) is 0. The summed E-state index contributed by atoms with van der Waals surface area (Å²) in [6.45, 7) is 2.97. The topological polar surface area (TPSA) is 47.4 Å². The van der Waals surface area contributed by atoms with E-state index >= 15 is 0 Å². The van der Waals surface area contributed by atoms with E-state index in [0.717, 1.165) is 44.7 Å². The summed E-state index contributed by atoms with van der Waals surface area (Å²) >= 11 is 0. The first-order valence-corrected chi connectivity index (χ1v) is 6.47. The maximum atomic E-state index is 11.4. The second-order valence-corrected chi connectivity index (χ2v) is 4.84. The highest BCUT2D eigenvalue weighted by atomic mass is 16.5. The number of likely N-dealkylation sites (tertiary alicyclic amines) is 1. The van der Waals surface area contributed by atoms with Crippen LogP contribution in [0.3, 0.4) is 0 Å². The van der Waals surface area contributed by atoms with Gasteiger partial charge in [-0.1, -0.05) is 0 Å². The predicted octanol–water partition coefficient (Wildman–Crippen LogP) is 0.848. The van der Waals surface area contributed by atoms with Crippen molar-refractivity contribution in [2.24, 2.45) is 13.0 Å². The third-order valence-electron chi connectivity index (χ3n) is 3.69. The van der Waals surface area contributed by atoms with Gasteiger partial charge in [0.15, 0.2) is 0 Å². The number of rotatable bonds is 4. The minimum Gasteiger partial charge on any atom is -0.469 e. The van der Waals surface area contributed by atoms with E-state index in [1.165, 1.54) is 7.11 Å². The molecule has 0 aliphatic carbocycles. The van der Waals surface area contributed by atoms with E-state index in [2.05, 4.69) is 14.5 Å². The second-order valence-electron chi connectivity index (χ2n) is 4.84. The van der Waals surface area contributed by atoms with Crippen LogP contribution in [0.25, 0.3) is 0 Å². The number of aryl methyl sites for hydroxylation is 1. The molecule has 0 amide bonds. The van der Waals surface area contributed by atoms with Crippen molar-refractivity contribution in [2.45, 2.75) is 19.3 Å². The zero-order valence-corrected chi connectivity index (χ0v) is 11.1. The van der Waals surface area contributed by atoms with Crippen LogP contribution in [0.5, 0.6) is 0 Å². The molecule has 18 heavy (non-hydrogen) atoms. The van der Waals surface area contributed by atoms with Crippen LogP contribution in [-0.2, 0) is 23.0 Å². The molecule has 1 aromatic heterocycles. The van der Waals surface area contributed by atoms with Crippen molar-refractivity contribution in [2.75, 3.05) is 26.7 Å². The van der Waals surface area contributed by atoms with Gasteiger partial charge in [-0.2, -0.15) is 0 Å². The average molecular weight is 251 g/mol. The summed E-state index contributed by atoms with van der Waals surface area (Å²) in [4.78, 5) is 18.1. The van der Waals surface area contributed by atoms with Crippen molar-refractivity contribution in [1.29, 1.82) is 0 Å². The fraction of sp³-hybridized carbons (Fsp3) is 0.692. The molecule has 100 valence electrons. The molecule has 0 aromatic carbocycles. The van der Waals surface area contributed by atoms with Gasteiger partial charge < -0.3 is 14.2 Å². The van der Waals surface area contributed by atoms with Gasteiger partial charge in [-0.05, 0) is 25.9 Å². The molecule has 2 rings (SSSR count). The highest BCUT2D eigenvalue weighted by molar-refractivity contribution is 5.72. The van der Waals surface area contributed by atoms with Gasteiger partial charge in [0.05, 0.1) is 13.0 Å². The van der Waals surface area contributed by atoms with Crippen LogP contribution in [0.1, 0.15) is 18.7 Å². The molecule has 1 aliphatic rings. The van der Waals surface area contributed by atoms with E-state index in [-0.39, 0.29) is 11.9 Å². The molecule has 0 unspecified atom stereocenters. The lowest BCUT2D eigenvalue weighted by molar-refractivity contribution is -0.147. The monoisotopic (exact) mass is 251 g/mol. The summed E-state index contributed by atoms with van der Waals surface area (Å²) in [7, 11) is 3.49. The highest BCUT2D eigenvalue weighted by Gasteiger charge is 2.25. The molecule has 1 aliphatic heterocycles. The summed E-state index contributed by atoms with van der Waals surface area (Å²) in [6.07, 6.45) is 6.59. The molecule has 1 fully saturated rings. The molecule has 0 N–H and O–H groups in total. The van der Waals surface area contributed by atoms with Crippen molar-refractivity contribution >= 4 is 5.97 Å². The lowest BCUT2D eigenvalue weighted by atomic mass is 9.97. The first-order valence-electron chi connectivity index (χ1n) is 6.47. The van der Waals surface area contributed by atoms with E-state index < -0.39 is 0 Å². The van der Waals surface area contributed by atoms with Gasteiger partial charge in [0.25, 0.3) is 0 Å². The van der Waals surface area contributed by atoms with Crippen LogP contribution in [0.15, 0.2) is 12.4 Å². The number of carbonyl (C=O) groups excluding carboxylic acids is 1. The highest BCUT2D eigenvalue weighted by Crippen LogP contribution is 2.18. The first-order chi connectivity index (χ1) is 8.70. The summed E-state index contributed by atoms with van der Waals surface area (Å²) < 4.78 is 6.85. The summed E-state index contributed by atoms with van der Waals surface area (Å²) in [5, 5.41) is 0. The number of ether oxygens (including phenoxy) is 1. The largest absolute Gasteiger partial charge is 0.469 e. The summed E-state index contributed by atoms with van der Waals surface area (Å²) in [5.74, 6) is 1.16. The fourth-order valence-corrected chi connectivity index (χ4v) is 2.45. The Bertz CT molecular complexity index is 395. The minimum atomic E-state index is -0.0567. The molecule has 0 radical (unpaired) electrons. The number of imidazole rings is 1. The molecule has 0 spiro atoms. The smallest absolute Gasteiger partial charge is 0.308 e.